The van der Waals surface area contributed by atoms with Crippen molar-refractivity contribution in [2.24, 2.45) is 0 Å². The van der Waals surface area contributed by atoms with E-state index in [2.05, 4.69) is 32.3 Å². The third-order valence-corrected chi connectivity index (χ3v) is 5.15. The molecule has 1 aliphatic carbocycles. The summed E-state index contributed by atoms with van der Waals surface area (Å²) in [4.78, 5) is 4.33. The van der Waals surface area contributed by atoms with Crippen molar-refractivity contribution in [2.75, 3.05) is 0 Å². The standard InChI is InChI=1S/C15H12BrCl3N2/c16-8-4-12(18)14(20-6-8)7-21-15-9-2-1-3-11(17)10(9)5-13(15)19/h1-4,6,13,15,21H,5,7H2. The predicted octanol–water partition coefficient (Wildman–Crippen LogP) is 5.15. The summed E-state index contributed by atoms with van der Waals surface area (Å²) in [5, 5.41) is 4.83. The number of pyridine rings is 1. The summed E-state index contributed by atoms with van der Waals surface area (Å²) in [7, 11) is 0. The predicted molar refractivity (Wildman–Crippen MR) is 91.3 cm³/mol. The zero-order valence-corrected chi connectivity index (χ0v) is 14.8. The number of hydrogen-bond donors (Lipinski definition) is 1. The van der Waals surface area contributed by atoms with E-state index in [1.54, 1.807) is 6.20 Å². The molecule has 6 heteroatoms. The van der Waals surface area contributed by atoms with Crippen molar-refractivity contribution in [3.8, 4) is 0 Å². The van der Waals surface area contributed by atoms with Crippen LogP contribution in [-0.4, -0.2) is 10.4 Å². The van der Waals surface area contributed by atoms with E-state index in [4.69, 9.17) is 34.8 Å². The molecule has 0 saturated heterocycles. The van der Waals surface area contributed by atoms with Gasteiger partial charge in [0.1, 0.15) is 0 Å². The summed E-state index contributed by atoms with van der Waals surface area (Å²) in [6.07, 6.45) is 2.51. The molecule has 0 fully saturated rings. The van der Waals surface area contributed by atoms with Crippen LogP contribution in [0, 0.1) is 0 Å². The molecule has 1 aromatic heterocycles. The molecule has 0 bridgehead atoms. The first-order valence-corrected chi connectivity index (χ1v) is 8.49. The third kappa shape index (κ3) is 3.22. The number of nitrogens with zero attached hydrogens (tertiary/aromatic N) is 1. The van der Waals surface area contributed by atoms with Gasteiger partial charge in [0.2, 0.25) is 0 Å². The smallest absolute Gasteiger partial charge is 0.0728 e. The SMILES string of the molecule is Clc1cc(Br)cnc1CNC1c2cccc(Cl)c2CC1Cl. The molecule has 0 radical (unpaired) electrons. The van der Waals surface area contributed by atoms with Gasteiger partial charge in [0.15, 0.2) is 0 Å². The Labute approximate surface area is 146 Å². The molecule has 3 rings (SSSR count). The van der Waals surface area contributed by atoms with E-state index in [1.165, 1.54) is 0 Å². The third-order valence-electron chi connectivity index (χ3n) is 3.62. The molecule has 110 valence electrons. The maximum atomic E-state index is 6.46. The highest BCUT2D eigenvalue weighted by Crippen LogP contribution is 2.38. The Morgan fingerprint density at radius 2 is 2.10 bits per heavy atom. The number of hydrogen-bond acceptors (Lipinski definition) is 2. The van der Waals surface area contributed by atoms with Crippen LogP contribution in [-0.2, 0) is 13.0 Å². The number of aromatic nitrogens is 1. The Hall–Kier alpha value is -0.320. The van der Waals surface area contributed by atoms with Crippen molar-refractivity contribution in [1.29, 1.82) is 0 Å². The van der Waals surface area contributed by atoms with Crippen LogP contribution in [0.3, 0.4) is 0 Å². The summed E-state index contributed by atoms with van der Waals surface area (Å²) >= 11 is 22.2. The Kier molecular flexibility index (Phi) is 4.77. The molecule has 1 aromatic carbocycles. The molecule has 0 aliphatic heterocycles. The summed E-state index contributed by atoms with van der Waals surface area (Å²) < 4.78 is 0.865. The van der Waals surface area contributed by atoms with E-state index in [9.17, 15) is 0 Å². The van der Waals surface area contributed by atoms with E-state index in [1.807, 2.05) is 18.2 Å². The number of benzene rings is 1. The van der Waals surface area contributed by atoms with Gasteiger partial charge in [-0.15, -0.1) is 11.6 Å². The molecule has 1 aliphatic rings. The second-order valence-corrected chi connectivity index (χ2v) is 7.26. The molecule has 0 spiro atoms. The quantitative estimate of drug-likeness (QED) is 0.714. The molecule has 1 heterocycles. The Balaban J connectivity index is 1.79. The van der Waals surface area contributed by atoms with Crippen molar-refractivity contribution in [1.82, 2.24) is 10.3 Å². The van der Waals surface area contributed by atoms with Crippen molar-refractivity contribution in [3.05, 3.63) is 61.8 Å². The van der Waals surface area contributed by atoms with Crippen LogP contribution in [0.5, 0.6) is 0 Å². The molecule has 1 N–H and O–H groups in total. The topological polar surface area (TPSA) is 24.9 Å². The molecule has 2 nitrogen and oxygen atoms in total. The first kappa shape index (κ1) is 15.6. The number of nitrogens with one attached hydrogen (secondary N) is 1. The lowest BCUT2D eigenvalue weighted by Crippen LogP contribution is -2.25. The van der Waals surface area contributed by atoms with Crippen LogP contribution in [0.1, 0.15) is 22.9 Å². The Morgan fingerprint density at radius 1 is 1.29 bits per heavy atom. The lowest BCUT2D eigenvalue weighted by atomic mass is 10.1. The monoisotopic (exact) mass is 404 g/mol. The van der Waals surface area contributed by atoms with Crippen molar-refractivity contribution < 1.29 is 0 Å². The zero-order valence-electron chi connectivity index (χ0n) is 10.9. The molecule has 0 saturated carbocycles. The van der Waals surface area contributed by atoms with Gasteiger partial charge in [0.05, 0.1) is 16.1 Å². The first-order valence-electron chi connectivity index (χ1n) is 6.51. The van der Waals surface area contributed by atoms with Crippen molar-refractivity contribution >= 4 is 50.7 Å². The van der Waals surface area contributed by atoms with Gasteiger partial charge >= 0.3 is 0 Å². The average Bonchev–Trinajstić information content (AvgIpc) is 2.76. The van der Waals surface area contributed by atoms with Crippen LogP contribution in [0.15, 0.2) is 34.9 Å². The fourth-order valence-corrected chi connectivity index (χ4v) is 3.94. The fraction of sp³-hybridized carbons (Fsp3) is 0.267. The highest BCUT2D eigenvalue weighted by atomic mass is 79.9. The van der Waals surface area contributed by atoms with E-state index in [0.29, 0.717) is 11.6 Å². The van der Waals surface area contributed by atoms with Gasteiger partial charge in [0.25, 0.3) is 0 Å². The number of fused-ring (bicyclic) bond motifs is 1. The molecule has 0 amide bonds. The van der Waals surface area contributed by atoms with Crippen LogP contribution < -0.4 is 5.32 Å². The molecular formula is C15H12BrCl3N2. The largest absolute Gasteiger partial charge is 0.303 e. The Morgan fingerprint density at radius 3 is 2.86 bits per heavy atom. The van der Waals surface area contributed by atoms with E-state index < -0.39 is 0 Å². The van der Waals surface area contributed by atoms with Crippen LogP contribution in [0.2, 0.25) is 10.0 Å². The maximum Gasteiger partial charge on any atom is 0.0728 e. The van der Waals surface area contributed by atoms with Crippen molar-refractivity contribution in [2.45, 2.75) is 24.4 Å². The lowest BCUT2D eigenvalue weighted by Gasteiger charge is -2.17. The molecule has 2 atom stereocenters. The summed E-state index contributed by atoms with van der Waals surface area (Å²) in [5.41, 5.74) is 3.10. The number of halogens is 4. The number of rotatable bonds is 3. The van der Waals surface area contributed by atoms with E-state index in [-0.39, 0.29) is 11.4 Å². The fourth-order valence-electron chi connectivity index (χ4n) is 2.61. The second-order valence-electron chi connectivity index (χ2n) is 4.97. The summed E-state index contributed by atoms with van der Waals surface area (Å²) in [5.74, 6) is 0. The van der Waals surface area contributed by atoms with Crippen LogP contribution in [0.4, 0.5) is 0 Å². The highest BCUT2D eigenvalue weighted by molar-refractivity contribution is 9.10. The highest BCUT2D eigenvalue weighted by Gasteiger charge is 2.32. The van der Waals surface area contributed by atoms with Crippen LogP contribution >= 0.6 is 50.7 Å². The van der Waals surface area contributed by atoms with Gasteiger partial charge in [-0.1, -0.05) is 35.3 Å². The Bertz CT molecular complexity index is 678. The first-order chi connectivity index (χ1) is 10.1. The molecule has 2 unspecified atom stereocenters. The maximum absolute atomic E-state index is 6.46. The normalized spacial score (nSPS) is 20.6. The van der Waals surface area contributed by atoms with E-state index >= 15 is 0 Å². The van der Waals surface area contributed by atoms with Crippen LogP contribution in [0.25, 0.3) is 0 Å². The molecular weight excluding hydrogens is 394 g/mol. The minimum Gasteiger partial charge on any atom is -0.303 e. The average molecular weight is 407 g/mol. The molecule has 2 aromatic rings. The minimum absolute atomic E-state index is 0.0193. The molecule has 21 heavy (non-hydrogen) atoms. The van der Waals surface area contributed by atoms with Gasteiger partial charge in [-0.25, -0.2) is 0 Å². The second kappa shape index (κ2) is 6.43. The number of alkyl halides is 1. The lowest BCUT2D eigenvalue weighted by molar-refractivity contribution is 0.531. The summed E-state index contributed by atoms with van der Waals surface area (Å²) in [6, 6.07) is 7.82. The minimum atomic E-state index is -0.0193. The van der Waals surface area contributed by atoms with Gasteiger partial charge in [-0.3, -0.25) is 4.98 Å². The van der Waals surface area contributed by atoms with Gasteiger partial charge in [0, 0.05) is 28.3 Å². The van der Waals surface area contributed by atoms with Crippen molar-refractivity contribution in [3.63, 3.8) is 0 Å². The van der Waals surface area contributed by atoms with E-state index in [0.717, 1.165) is 32.7 Å². The zero-order chi connectivity index (χ0) is 15.0. The van der Waals surface area contributed by atoms with Gasteiger partial charge in [-0.2, -0.15) is 0 Å². The van der Waals surface area contributed by atoms with Gasteiger partial charge < -0.3 is 5.32 Å². The van der Waals surface area contributed by atoms with Gasteiger partial charge in [-0.05, 0) is 45.6 Å². The summed E-state index contributed by atoms with van der Waals surface area (Å²) in [6.45, 7) is 0.561.